The Bertz CT molecular complexity index is 864. The molecule has 2 aromatic rings. The highest BCUT2D eigenvalue weighted by Crippen LogP contribution is 2.29. The van der Waals surface area contributed by atoms with Crippen LogP contribution >= 0.6 is 0 Å². The van der Waals surface area contributed by atoms with Gasteiger partial charge in [0.1, 0.15) is 23.2 Å². The molecule has 0 radical (unpaired) electrons. The molecule has 1 N–H and O–H groups in total. The van der Waals surface area contributed by atoms with Gasteiger partial charge in [-0.2, -0.15) is 18.4 Å². The van der Waals surface area contributed by atoms with Crippen molar-refractivity contribution in [1.82, 2.24) is 4.98 Å². The first-order chi connectivity index (χ1) is 12.5. The number of hydrogen-bond donors (Lipinski definition) is 1. The molecule has 0 unspecified atom stereocenters. The van der Waals surface area contributed by atoms with Crippen LogP contribution in [-0.2, 0) is 17.5 Å². The van der Waals surface area contributed by atoms with Crippen molar-refractivity contribution >= 4 is 11.8 Å². The van der Waals surface area contributed by atoms with E-state index < -0.39 is 23.4 Å². The van der Waals surface area contributed by atoms with E-state index in [1.807, 2.05) is 0 Å². The lowest BCUT2D eigenvalue weighted by atomic mass is 10.1. The van der Waals surface area contributed by atoms with Crippen molar-refractivity contribution in [2.24, 2.45) is 0 Å². The van der Waals surface area contributed by atoms with Gasteiger partial charge in [-0.15, -0.1) is 0 Å². The van der Waals surface area contributed by atoms with Gasteiger partial charge in [-0.1, -0.05) is 12.1 Å². The average Bonchev–Trinajstić information content (AvgIpc) is 2.57. The summed E-state index contributed by atoms with van der Waals surface area (Å²) in [4.78, 5) is 15.5. The smallest absolute Gasteiger partial charge is 0.433 e. The van der Waals surface area contributed by atoms with Gasteiger partial charge in [-0.3, -0.25) is 0 Å². The minimum absolute atomic E-state index is 0.00775. The number of hydrogen-bond acceptors (Lipinski definition) is 5. The zero-order chi connectivity index (χ0) is 20.2. The molecule has 0 saturated heterocycles. The summed E-state index contributed by atoms with van der Waals surface area (Å²) in [6, 6.07) is 10.1. The molecule has 142 valence electrons. The summed E-state index contributed by atoms with van der Waals surface area (Å²) in [6.07, 6.45) is -4.60. The molecule has 1 aromatic heterocycles. The molecule has 0 fully saturated rings. The minimum Gasteiger partial charge on any atom is -0.456 e. The molecular formula is C19H18F3N3O2. The Morgan fingerprint density at radius 3 is 2.30 bits per heavy atom. The fourth-order valence-electron chi connectivity index (χ4n) is 2.12. The number of rotatable bonds is 4. The van der Waals surface area contributed by atoms with Crippen molar-refractivity contribution in [3.63, 3.8) is 0 Å². The topological polar surface area (TPSA) is 75.0 Å². The van der Waals surface area contributed by atoms with Crippen LogP contribution in [-0.4, -0.2) is 16.6 Å². The minimum atomic E-state index is -4.60. The Morgan fingerprint density at radius 2 is 1.78 bits per heavy atom. The van der Waals surface area contributed by atoms with E-state index in [0.717, 1.165) is 12.1 Å². The van der Waals surface area contributed by atoms with Crippen LogP contribution in [0.15, 0.2) is 36.4 Å². The van der Waals surface area contributed by atoms with E-state index in [9.17, 15) is 18.0 Å². The van der Waals surface area contributed by atoms with Gasteiger partial charge in [0.2, 0.25) is 0 Å². The third kappa shape index (κ3) is 5.71. The SMILES string of the molecule is CC(C)(C)OC(=O)c1ccc(CNc2nc(C(F)(F)F)ccc2C#N)cc1. The number of carbonyl (C=O) groups is 1. The van der Waals surface area contributed by atoms with Crippen LogP contribution in [0.2, 0.25) is 0 Å². The van der Waals surface area contributed by atoms with Crippen LogP contribution in [0.1, 0.15) is 48.0 Å². The molecule has 1 heterocycles. The molecule has 27 heavy (non-hydrogen) atoms. The molecule has 0 spiro atoms. The Balaban J connectivity index is 2.11. The maximum Gasteiger partial charge on any atom is 0.433 e. The predicted octanol–water partition coefficient (Wildman–Crippen LogP) is 4.54. The van der Waals surface area contributed by atoms with Crippen LogP contribution in [0, 0.1) is 11.3 Å². The monoisotopic (exact) mass is 377 g/mol. The lowest BCUT2D eigenvalue weighted by Crippen LogP contribution is -2.23. The number of nitrogens with zero attached hydrogens (tertiary/aromatic N) is 2. The van der Waals surface area contributed by atoms with Gasteiger partial charge < -0.3 is 10.1 Å². The van der Waals surface area contributed by atoms with Gasteiger partial charge in [0.25, 0.3) is 0 Å². The van der Waals surface area contributed by atoms with Crippen molar-refractivity contribution in [3.8, 4) is 6.07 Å². The number of halogens is 3. The van der Waals surface area contributed by atoms with Gasteiger partial charge in [-0.05, 0) is 50.6 Å². The Kier molecular flexibility index (Phi) is 5.74. The van der Waals surface area contributed by atoms with Crippen molar-refractivity contribution < 1.29 is 22.7 Å². The predicted molar refractivity (Wildman–Crippen MR) is 92.9 cm³/mol. The zero-order valence-electron chi connectivity index (χ0n) is 15.0. The second-order valence-corrected chi connectivity index (χ2v) is 6.75. The summed E-state index contributed by atoms with van der Waals surface area (Å²) < 4.78 is 43.6. The van der Waals surface area contributed by atoms with Crippen LogP contribution in [0.5, 0.6) is 0 Å². The number of nitrogens with one attached hydrogen (secondary N) is 1. The summed E-state index contributed by atoms with van der Waals surface area (Å²) in [6.45, 7) is 5.42. The molecule has 0 amide bonds. The first kappa shape index (κ1) is 20.2. The molecule has 8 heteroatoms. The van der Waals surface area contributed by atoms with Gasteiger partial charge in [0.15, 0.2) is 0 Å². The third-order valence-electron chi connectivity index (χ3n) is 3.35. The summed E-state index contributed by atoms with van der Waals surface area (Å²) in [5.74, 6) is -0.614. The maximum atomic E-state index is 12.8. The van der Waals surface area contributed by atoms with E-state index in [1.54, 1.807) is 51.1 Å². The highest BCUT2D eigenvalue weighted by Gasteiger charge is 2.33. The molecule has 0 aliphatic rings. The van der Waals surface area contributed by atoms with Gasteiger partial charge >= 0.3 is 12.1 Å². The largest absolute Gasteiger partial charge is 0.456 e. The molecule has 0 atom stereocenters. The molecule has 0 aliphatic carbocycles. The highest BCUT2D eigenvalue weighted by molar-refractivity contribution is 5.89. The van der Waals surface area contributed by atoms with E-state index in [-0.39, 0.29) is 17.9 Å². The number of aromatic nitrogens is 1. The molecule has 1 aromatic carbocycles. The first-order valence-electron chi connectivity index (χ1n) is 8.04. The molecule has 0 saturated carbocycles. The van der Waals surface area contributed by atoms with Crippen LogP contribution in [0.4, 0.5) is 19.0 Å². The van der Waals surface area contributed by atoms with E-state index in [4.69, 9.17) is 10.00 Å². The van der Waals surface area contributed by atoms with E-state index >= 15 is 0 Å². The first-order valence-corrected chi connectivity index (χ1v) is 8.04. The normalized spacial score (nSPS) is 11.6. The fourth-order valence-corrected chi connectivity index (χ4v) is 2.12. The third-order valence-corrected chi connectivity index (χ3v) is 3.35. The maximum absolute atomic E-state index is 12.8. The number of anilines is 1. The van der Waals surface area contributed by atoms with E-state index in [1.165, 1.54) is 0 Å². The number of ether oxygens (including phenoxy) is 1. The van der Waals surface area contributed by atoms with E-state index in [0.29, 0.717) is 11.1 Å². The van der Waals surface area contributed by atoms with Crippen molar-refractivity contribution in [3.05, 3.63) is 58.8 Å². The lowest BCUT2D eigenvalue weighted by molar-refractivity contribution is -0.141. The van der Waals surface area contributed by atoms with Crippen LogP contribution in [0.25, 0.3) is 0 Å². The van der Waals surface area contributed by atoms with Crippen molar-refractivity contribution in [1.29, 1.82) is 5.26 Å². The molecule has 5 nitrogen and oxygen atoms in total. The lowest BCUT2D eigenvalue weighted by Gasteiger charge is -2.19. The summed E-state index contributed by atoms with van der Waals surface area (Å²) >= 11 is 0. The standard InChI is InChI=1S/C19H18F3N3O2/c1-18(2,3)27-17(26)13-6-4-12(5-7-13)11-24-16-14(10-23)8-9-15(25-16)19(20,21)22/h4-9H,11H2,1-3H3,(H,24,25). The second kappa shape index (κ2) is 7.66. The molecular weight excluding hydrogens is 359 g/mol. The Hall–Kier alpha value is -3.08. The van der Waals surface area contributed by atoms with Crippen LogP contribution in [0.3, 0.4) is 0 Å². The number of benzene rings is 1. The molecule has 0 aliphatic heterocycles. The van der Waals surface area contributed by atoms with Gasteiger partial charge in [0, 0.05) is 6.54 Å². The van der Waals surface area contributed by atoms with Crippen molar-refractivity contribution in [2.45, 2.75) is 39.1 Å². The molecule has 2 rings (SSSR count). The number of alkyl halides is 3. The number of esters is 1. The van der Waals surface area contributed by atoms with Crippen LogP contribution < -0.4 is 5.32 Å². The fraction of sp³-hybridized carbons (Fsp3) is 0.316. The summed E-state index contributed by atoms with van der Waals surface area (Å²) in [7, 11) is 0. The van der Waals surface area contributed by atoms with Crippen molar-refractivity contribution in [2.75, 3.05) is 5.32 Å². The molecule has 0 bridgehead atoms. The quantitative estimate of drug-likeness (QED) is 0.792. The Labute approximate surface area is 154 Å². The highest BCUT2D eigenvalue weighted by atomic mass is 19.4. The number of nitriles is 1. The second-order valence-electron chi connectivity index (χ2n) is 6.75. The zero-order valence-corrected chi connectivity index (χ0v) is 15.0. The average molecular weight is 377 g/mol. The van der Waals surface area contributed by atoms with Gasteiger partial charge in [-0.25, -0.2) is 9.78 Å². The number of carbonyl (C=O) groups excluding carboxylic acids is 1. The number of pyridine rings is 1. The summed E-state index contributed by atoms with van der Waals surface area (Å²) in [5, 5.41) is 11.8. The summed E-state index contributed by atoms with van der Waals surface area (Å²) in [5.41, 5.74) is -0.619. The van der Waals surface area contributed by atoms with Gasteiger partial charge in [0.05, 0.1) is 11.1 Å². The van der Waals surface area contributed by atoms with E-state index in [2.05, 4.69) is 10.3 Å². The Morgan fingerprint density at radius 1 is 1.15 bits per heavy atom.